The van der Waals surface area contributed by atoms with E-state index in [2.05, 4.69) is 20.7 Å². The fourth-order valence-corrected chi connectivity index (χ4v) is 2.03. The summed E-state index contributed by atoms with van der Waals surface area (Å²) in [6.45, 7) is 3.01. The molecule has 8 nitrogen and oxygen atoms in total. The molecule has 0 bridgehead atoms. The summed E-state index contributed by atoms with van der Waals surface area (Å²) >= 11 is 1.52. The zero-order chi connectivity index (χ0) is 15.5. The maximum atomic E-state index is 11.7. The lowest BCUT2D eigenvalue weighted by molar-refractivity contribution is -0.146. The number of carboxylic acids is 1. The van der Waals surface area contributed by atoms with Crippen molar-refractivity contribution in [2.45, 2.75) is 20.4 Å². The van der Waals surface area contributed by atoms with E-state index in [1.807, 2.05) is 16.8 Å². The minimum atomic E-state index is -1.02. The van der Waals surface area contributed by atoms with Gasteiger partial charge in [-0.2, -0.15) is 16.1 Å². The molecule has 1 amide bonds. The van der Waals surface area contributed by atoms with E-state index in [1.54, 1.807) is 0 Å². The van der Waals surface area contributed by atoms with Gasteiger partial charge < -0.3 is 10.4 Å². The molecule has 2 aromatic heterocycles. The van der Waals surface area contributed by atoms with Crippen LogP contribution in [-0.4, -0.2) is 43.7 Å². The number of nitrogens with zero attached hydrogens (tertiary/aromatic N) is 4. The molecule has 0 aromatic carbocycles. The molecule has 0 unspecified atom stereocenters. The summed E-state index contributed by atoms with van der Waals surface area (Å²) in [6.07, 6.45) is 0. The molecular formula is C12H15N5O3S. The Balaban J connectivity index is 1.90. The monoisotopic (exact) mass is 309 g/mol. The number of carbonyl (C=O) groups excluding carboxylic acids is 1. The van der Waals surface area contributed by atoms with Crippen molar-refractivity contribution in [2.24, 2.45) is 5.41 Å². The highest BCUT2D eigenvalue weighted by molar-refractivity contribution is 7.08. The van der Waals surface area contributed by atoms with Crippen LogP contribution in [0.1, 0.15) is 13.8 Å². The van der Waals surface area contributed by atoms with E-state index in [-0.39, 0.29) is 19.0 Å². The Hall–Kier alpha value is -2.29. The Morgan fingerprint density at radius 1 is 1.48 bits per heavy atom. The van der Waals surface area contributed by atoms with E-state index < -0.39 is 11.4 Å². The second kappa shape index (κ2) is 6.00. The van der Waals surface area contributed by atoms with Gasteiger partial charge in [-0.1, -0.05) is 0 Å². The zero-order valence-electron chi connectivity index (χ0n) is 11.6. The van der Waals surface area contributed by atoms with Crippen molar-refractivity contribution < 1.29 is 14.7 Å². The number of thiophene rings is 1. The quantitative estimate of drug-likeness (QED) is 0.810. The number of nitrogens with one attached hydrogen (secondary N) is 1. The number of tetrazole rings is 1. The SMILES string of the molecule is CC(C)(CNC(=O)Cn1nnc(-c2ccsc2)n1)C(=O)O. The fraction of sp³-hybridized carbons (Fsp3) is 0.417. The minimum absolute atomic E-state index is 0.0350. The zero-order valence-corrected chi connectivity index (χ0v) is 12.4. The van der Waals surface area contributed by atoms with E-state index in [1.165, 1.54) is 30.0 Å². The Labute approximate surface area is 124 Å². The first-order chi connectivity index (χ1) is 9.88. The lowest BCUT2D eigenvalue weighted by atomic mass is 9.94. The van der Waals surface area contributed by atoms with Gasteiger partial charge >= 0.3 is 5.97 Å². The van der Waals surface area contributed by atoms with Gasteiger partial charge in [0.05, 0.1) is 5.41 Å². The summed E-state index contributed by atoms with van der Waals surface area (Å²) in [5, 5.41) is 27.1. The topological polar surface area (TPSA) is 110 Å². The van der Waals surface area contributed by atoms with Crippen molar-refractivity contribution in [3.05, 3.63) is 16.8 Å². The minimum Gasteiger partial charge on any atom is -0.481 e. The highest BCUT2D eigenvalue weighted by atomic mass is 32.1. The second-order valence-corrected chi connectivity index (χ2v) is 5.90. The van der Waals surface area contributed by atoms with Gasteiger partial charge in [-0.05, 0) is 30.5 Å². The van der Waals surface area contributed by atoms with Crippen LogP contribution < -0.4 is 5.32 Å². The predicted octanol–water partition coefficient (Wildman–Crippen LogP) is 0.629. The maximum absolute atomic E-state index is 11.7. The lowest BCUT2D eigenvalue weighted by Gasteiger charge is -2.19. The first-order valence-electron chi connectivity index (χ1n) is 6.19. The second-order valence-electron chi connectivity index (χ2n) is 5.12. The standard InChI is InChI=1S/C12H15N5O3S/c1-12(2,11(19)20)7-13-9(18)5-17-15-10(14-16-17)8-3-4-21-6-8/h3-4,6H,5,7H2,1-2H3,(H,13,18)(H,19,20). The van der Waals surface area contributed by atoms with Crippen LogP contribution in [0.2, 0.25) is 0 Å². The number of carbonyl (C=O) groups is 2. The third-order valence-corrected chi connectivity index (χ3v) is 3.51. The number of hydrogen-bond donors (Lipinski definition) is 2. The Bertz CT molecular complexity index is 635. The molecule has 112 valence electrons. The first kappa shape index (κ1) is 15.1. The first-order valence-corrected chi connectivity index (χ1v) is 7.13. The average molecular weight is 309 g/mol. The third-order valence-electron chi connectivity index (χ3n) is 2.82. The van der Waals surface area contributed by atoms with Gasteiger partial charge in [-0.3, -0.25) is 9.59 Å². The van der Waals surface area contributed by atoms with Crippen LogP contribution in [0.5, 0.6) is 0 Å². The number of amides is 1. The fourth-order valence-electron chi connectivity index (χ4n) is 1.40. The van der Waals surface area contributed by atoms with E-state index in [0.29, 0.717) is 5.82 Å². The highest BCUT2D eigenvalue weighted by Crippen LogP contribution is 2.16. The summed E-state index contributed by atoms with van der Waals surface area (Å²) in [4.78, 5) is 23.9. The van der Waals surface area contributed by atoms with Gasteiger partial charge in [0.25, 0.3) is 0 Å². The van der Waals surface area contributed by atoms with Gasteiger partial charge in [-0.25, -0.2) is 0 Å². The third kappa shape index (κ3) is 3.85. The molecule has 0 fully saturated rings. The van der Waals surface area contributed by atoms with Crippen molar-refractivity contribution in [3.8, 4) is 11.4 Å². The summed E-state index contributed by atoms with van der Waals surface area (Å²) in [6, 6.07) is 1.86. The molecule has 0 aliphatic heterocycles. The molecular weight excluding hydrogens is 294 g/mol. The number of rotatable bonds is 6. The Morgan fingerprint density at radius 2 is 2.24 bits per heavy atom. The van der Waals surface area contributed by atoms with Crippen LogP contribution in [0.25, 0.3) is 11.4 Å². The number of aromatic nitrogens is 4. The summed E-state index contributed by atoms with van der Waals surface area (Å²) < 4.78 is 0. The van der Waals surface area contributed by atoms with E-state index in [4.69, 9.17) is 5.11 Å². The highest BCUT2D eigenvalue weighted by Gasteiger charge is 2.27. The van der Waals surface area contributed by atoms with E-state index in [9.17, 15) is 9.59 Å². The Morgan fingerprint density at radius 3 is 2.86 bits per heavy atom. The molecule has 0 saturated heterocycles. The summed E-state index contributed by atoms with van der Waals surface area (Å²) in [5.74, 6) is -0.880. The van der Waals surface area contributed by atoms with Gasteiger partial charge in [-0.15, -0.1) is 10.2 Å². The molecule has 0 saturated carbocycles. The van der Waals surface area contributed by atoms with Crippen molar-refractivity contribution in [2.75, 3.05) is 6.54 Å². The van der Waals surface area contributed by atoms with Gasteiger partial charge in [0.15, 0.2) is 0 Å². The van der Waals surface area contributed by atoms with Gasteiger partial charge in [0.2, 0.25) is 11.7 Å². The van der Waals surface area contributed by atoms with Crippen LogP contribution in [0.15, 0.2) is 16.8 Å². The molecule has 2 aromatic rings. The van der Waals surface area contributed by atoms with Crippen LogP contribution in [0.4, 0.5) is 0 Å². The largest absolute Gasteiger partial charge is 0.481 e. The van der Waals surface area contributed by atoms with Gasteiger partial charge in [0.1, 0.15) is 6.54 Å². The van der Waals surface area contributed by atoms with Crippen molar-refractivity contribution in [1.82, 2.24) is 25.5 Å². The molecule has 2 N–H and O–H groups in total. The number of carboxylic acid groups (broad SMARTS) is 1. The molecule has 9 heteroatoms. The van der Waals surface area contributed by atoms with E-state index in [0.717, 1.165) is 5.56 Å². The van der Waals surface area contributed by atoms with E-state index >= 15 is 0 Å². The molecule has 2 heterocycles. The molecule has 2 rings (SSSR count). The van der Waals surface area contributed by atoms with Crippen LogP contribution in [-0.2, 0) is 16.1 Å². The molecule has 0 spiro atoms. The Kier molecular flexibility index (Phi) is 4.32. The smallest absolute Gasteiger partial charge is 0.310 e. The van der Waals surface area contributed by atoms with Crippen molar-refractivity contribution in [3.63, 3.8) is 0 Å². The van der Waals surface area contributed by atoms with Crippen LogP contribution >= 0.6 is 11.3 Å². The number of hydrogen-bond acceptors (Lipinski definition) is 6. The summed E-state index contributed by atoms with van der Waals surface area (Å²) in [5.41, 5.74) is -0.175. The molecule has 0 aliphatic rings. The predicted molar refractivity (Wildman–Crippen MR) is 75.6 cm³/mol. The maximum Gasteiger partial charge on any atom is 0.310 e. The van der Waals surface area contributed by atoms with Crippen molar-refractivity contribution in [1.29, 1.82) is 0 Å². The van der Waals surface area contributed by atoms with Gasteiger partial charge in [0, 0.05) is 17.5 Å². The lowest BCUT2D eigenvalue weighted by Crippen LogP contribution is -2.40. The average Bonchev–Trinajstić information content (AvgIpc) is 3.06. The van der Waals surface area contributed by atoms with Crippen molar-refractivity contribution >= 4 is 23.2 Å². The number of aliphatic carboxylic acids is 1. The molecule has 21 heavy (non-hydrogen) atoms. The van der Waals surface area contributed by atoms with Crippen LogP contribution in [0, 0.1) is 5.41 Å². The summed E-state index contributed by atoms with van der Waals surface area (Å²) in [7, 11) is 0. The molecule has 0 radical (unpaired) electrons. The van der Waals surface area contributed by atoms with Crippen LogP contribution in [0.3, 0.4) is 0 Å². The molecule has 0 aliphatic carbocycles. The normalized spacial score (nSPS) is 11.3. The molecule has 0 atom stereocenters.